The lowest BCUT2D eigenvalue weighted by Gasteiger charge is -2.29. The third kappa shape index (κ3) is 3.96. The molecule has 0 aliphatic carbocycles. The van der Waals surface area contributed by atoms with Crippen LogP contribution in [-0.2, 0) is 4.79 Å². The average Bonchev–Trinajstić information content (AvgIpc) is 2.46. The number of benzene rings is 1. The number of rotatable bonds is 4. The largest absolute Gasteiger partial charge is 0.484 e. The minimum Gasteiger partial charge on any atom is -0.484 e. The highest BCUT2D eigenvalue weighted by Gasteiger charge is 2.14. The summed E-state index contributed by atoms with van der Waals surface area (Å²) in [6.45, 7) is 1.78. The Morgan fingerprint density at radius 2 is 1.84 bits per heavy atom. The maximum absolute atomic E-state index is 10.6. The van der Waals surface area contributed by atoms with E-state index in [0.717, 1.165) is 31.5 Å². The summed E-state index contributed by atoms with van der Waals surface area (Å²) in [5.41, 5.74) is 0.867. The molecule has 1 aliphatic rings. The zero-order valence-corrected chi connectivity index (χ0v) is 11.4. The number of hydrogen-bond donors (Lipinski definition) is 1. The van der Waals surface area contributed by atoms with Gasteiger partial charge in [0.15, 0.2) is 6.61 Å². The minimum atomic E-state index is -0.523. The standard InChI is InChI=1S/C14H17ClN2O2/c15-13(18)10-19-12-6-4-11(5-7-12)14(16)17-8-2-1-3-9-17/h4-7,16H,1-3,8-10H2. The van der Waals surface area contributed by atoms with Crippen LogP contribution in [0, 0.1) is 5.41 Å². The Kier molecular flexibility index (Phi) is 4.80. The number of hydrogen-bond acceptors (Lipinski definition) is 3. The van der Waals surface area contributed by atoms with Gasteiger partial charge >= 0.3 is 0 Å². The first-order chi connectivity index (χ1) is 9.16. The fourth-order valence-electron chi connectivity index (χ4n) is 2.15. The van der Waals surface area contributed by atoms with Crippen LogP contribution in [0.25, 0.3) is 0 Å². The topological polar surface area (TPSA) is 53.4 Å². The number of carbonyl (C=O) groups is 1. The average molecular weight is 281 g/mol. The lowest BCUT2D eigenvalue weighted by Crippen LogP contribution is -2.35. The summed E-state index contributed by atoms with van der Waals surface area (Å²) in [5, 5.41) is 7.65. The molecular formula is C14H17ClN2O2. The molecule has 4 nitrogen and oxygen atoms in total. The van der Waals surface area contributed by atoms with E-state index in [2.05, 4.69) is 4.90 Å². The van der Waals surface area contributed by atoms with Crippen LogP contribution >= 0.6 is 11.6 Å². The summed E-state index contributed by atoms with van der Waals surface area (Å²) in [6, 6.07) is 7.19. The van der Waals surface area contributed by atoms with E-state index in [1.165, 1.54) is 6.42 Å². The molecule has 1 fully saturated rings. The molecule has 0 aromatic heterocycles. The molecule has 0 bridgehead atoms. The second-order valence-corrected chi connectivity index (χ2v) is 4.99. The second kappa shape index (κ2) is 6.57. The van der Waals surface area contributed by atoms with Crippen LogP contribution in [-0.4, -0.2) is 35.7 Å². The molecule has 1 aliphatic heterocycles. The van der Waals surface area contributed by atoms with Gasteiger partial charge in [0.2, 0.25) is 0 Å². The third-order valence-corrected chi connectivity index (χ3v) is 3.26. The van der Waals surface area contributed by atoms with Crippen molar-refractivity contribution in [3.05, 3.63) is 29.8 Å². The number of ether oxygens (including phenoxy) is 1. The molecule has 0 saturated carbocycles. The van der Waals surface area contributed by atoms with Crippen molar-refractivity contribution in [2.75, 3.05) is 19.7 Å². The van der Waals surface area contributed by atoms with E-state index in [4.69, 9.17) is 21.7 Å². The highest BCUT2D eigenvalue weighted by molar-refractivity contribution is 6.63. The van der Waals surface area contributed by atoms with Crippen molar-refractivity contribution in [1.29, 1.82) is 5.41 Å². The van der Waals surface area contributed by atoms with E-state index in [-0.39, 0.29) is 6.61 Å². The quantitative estimate of drug-likeness (QED) is 0.524. The number of carbonyl (C=O) groups excluding carboxylic acids is 1. The lowest BCUT2D eigenvalue weighted by molar-refractivity contribution is -0.113. The van der Waals surface area contributed by atoms with E-state index in [1.54, 1.807) is 12.1 Å². The van der Waals surface area contributed by atoms with Crippen LogP contribution in [0.1, 0.15) is 24.8 Å². The predicted octanol–water partition coefficient (Wildman–Crippen LogP) is 2.64. The molecule has 1 saturated heterocycles. The zero-order chi connectivity index (χ0) is 13.7. The molecule has 0 unspecified atom stereocenters. The van der Waals surface area contributed by atoms with Crippen LogP contribution in [0.3, 0.4) is 0 Å². The number of halogens is 1. The first kappa shape index (κ1) is 13.9. The van der Waals surface area contributed by atoms with Gasteiger partial charge in [-0.2, -0.15) is 0 Å². The summed E-state index contributed by atoms with van der Waals surface area (Å²) < 4.78 is 5.18. The van der Waals surface area contributed by atoms with Crippen molar-refractivity contribution in [3.8, 4) is 5.75 Å². The fraction of sp³-hybridized carbons (Fsp3) is 0.429. The Bertz CT molecular complexity index is 453. The molecule has 1 heterocycles. The van der Waals surface area contributed by atoms with Gasteiger partial charge in [0.1, 0.15) is 11.6 Å². The number of piperidine rings is 1. The highest BCUT2D eigenvalue weighted by atomic mass is 35.5. The van der Waals surface area contributed by atoms with E-state index in [9.17, 15) is 4.79 Å². The van der Waals surface area contributed by atoms with Crippen LogP contribution < -0.4 is 4.74 Å². The normalized spacial score (nSPS) is 15.1. The first-order valence-corrected chi connectivity index (χ1v) is 6.79. The maximum Gasteiger partial charge on any atom is 0.259 e. The van der Waals surface area contributed by atoms with Crippen molar-refractivity contribution < 1.29 is 9.53 Å². The highest BCUT2D eigenvalue weighted by Crippen LogP contribution is 2.16. The van der Waals surface area contributed by atoms with Crippen molar-refractivity contribution in [3.63, 3.8) is 0 Å². The zero-order valence-electron chi connectivity index (χ0n) is 10.7. The van der Waals surface area contributed by atoms with E-state index < -0.39 is 5.24 Å². The molecule has 0 atom stereocenters. The molecule has 0 radical (unpaired) electrons. The SMILES string of the molecule is N=C(c1ccc(OCC(=O)Cl)cc1)N1CCCCC1. The van der Waals surface area contributed by atoms with Crippen LogP contribution in [0.2, 0.25) is 0 Å². The Hall–Kier alpha value is -1.55. The van der Waals surface area contributed by atoms with Gasteiger partial charge in [0.05, 0.1) is 0 Å². The summed E-state index contributed by atoms with van der Waals surface area (Å²) in [6.07, 6.45) is 3.56. The van der Waals surface area contributed by atoms with Crippen molar-refractivity contribution in [2.45, 2.75) is 19.3 Å². The molecule has 19 heavy (non-hydrogen) atoms. The van der Waals surface area contributed by atoms with Gasteiger partial charge < -0.3 is 9.64 Å². The molecule has 0 amide bonds. The Balaban J connectivity index is 1.97. The van der Waals surface area contributed by atoms with Crippen LogP contribution in [0.15, 0.2) is 24.3 Å². The second-order valence-electron chi connectivity index (χ2n) is 4.56. The molecule has 0 spiro atoms. The van der Waals surface area contributed by atoms with Crippen molar-refractivity contribution >= 4 is 22.7 Å². The van der Waals surface area contributed by atoms with Crippen molar-refractivity contribution in [1.82, 2.24) is 4.90 Å². The summed E-state index contributed by atoms with van der Waals surface area (Å²) in [5.74, 6) is 1.14. The van der Waals surface area contributed by atoms with E-state index in [1.807, 2.05) is 12.1 Å². The Labute approximate surface area is 117 Å². The van der Waals surface area contributed by atoms with Gasteiger partial charge in [0.25, 0.3) is 5.24 Å². The summed E-state index contributed by atoms with van der Waals surface area (Å²) >= 11 is 5.21. The van der Waals surface area contributed by atoms with Gasteiger partial charge in [-0.25, -0.2) is 0 Å². The van der Waals surface area contributed by atoms with Crippen molar-refractivity contribution in [2.24, 2.45) is 0 Å². The van der Waals surface area contributed by atoms with Gasteiger partial charge in [-0.1, -0.05) is 0 Å². The smallest absolute Gasteiger partial charge is 0.259 e. The van der Waals surface area contributed by atoms with Crippen LogP contribution in [0.4, 0.5) is 0 Å². The van der Waals surface area contributed by atoms with Gasteiger partial charge in [-0.05, 0) is 55.1 Å². The minimum absolute atomic E-state index is 0.134. The number of nitrogens with one attached hydrogen (secondary N) is 1. The molecule has 102 valence electrons. The Morgan fingerprint density at radius 3 is 2.42 bits per heavy atom. The number of nitrogens with zero attached hydrogens (tertiary/aromatic N) is 1. The molecule has 1 aromatic carbocycles. The molecule has 2 rings (SSSR count). The Morgan fingerprint density at radius 1 is 1.21 bits per heavy atom. The van der Waals surface area contributed by atoms with Gasteiger partial charge in [-0.3, -0.25) is 10.2 Å². The molecule has 1 N–H and O–H groups in total. The first-order valence-electron chi connectivity index (χ1n) is 6.42. The maximum atomic E-state index is 10.6. The van der Waals surface area contributed by atoms with Gasteiger partial charge in [0, 0.05) is 18.7 Å². The lowest BCUT2D eigenvalue weighted by atomic mass is 10.1. The predicted molar refractivity (Wildman–Crippen MR) is 75.0 cm³/mol. The summed E-state index contributed by atoms with van der Waals surface area (Å²) in [7, 11) is 0. The number of likely N-dealkylation sites (tertiary alicyclic amines) is 1. The monoisotopic (exact) mass is 280 g/mol. The van der Waals surface area contributed by atoms with Gasteiger partial charge in [-0.15, -0.1) is 0 Å². The summed E-state index contributed by atoms with van der Waals surface area (Å²) in [4.78, 5) is 12.7. The van der Waals surface area contributed by atoms with Crippen LogP contribution in [0.5, 0.6) is 5.75 Å². The molecular weight excluding hydrogens is 264 g/mol. The fourth-order valence-corrected chi connectivity index (χ4v) is 2.20. The van der Waals surface area contributed by atoms with E-state index >= 15 is 0 Å². The van der Waals surface area contributed by atoms with E-state index in [0.29, 0.717) is 11.6 Å². The molecule has 5 heteroatoms. The number of amidine groups is 1. The molecule has 1 aromatic rings. The third-order valence-electron chi connectivity index (χ3n) is 3.15.